The second-order valence-corrected chi connectivity index (χ2v) is 13.2. The SMILES string of the molecule is CN(C)c1ccc(-c2ccc(OB(c3ccc(C(C)(C)C)cc3)c3ccc(C(C)(C)C)cc3)c3ncccc23)cc1. The first-order valence-corrected chi connectivity index (χ1v) is 14.4. The van der Waals surface area contributed by atoms with Crippen LogP contribution in [-0.4, -0.2) is 26.0 Å². The number of hydrogen-bond donors (Lipinski definition) is 0. The average molecular weight is 541 g/mol. The van der Waals surface area contributed by atoms with Crippen molar-refractivity contribution in [2.75, 3.05) is 19.0 Å². The molecule has 208 valence electrons. The Bertz CT molecular complexity index is 1570. The highest BCUT2D eigenvalue weighted by atomic mass is 16.4. The van der Waals surface area contributed by atoms with E-state index in [0.717, 1.165) is 38.7 Å². The van der Waals surface area contributed by atoms with Gasteiger partial charge in [-0.1, -0.05) is 114 Å². The summed E-state index contributed by atoms with van der Waals surface area (Å²) in [5.74, 6) is 0.777. The minimum absolute atomic E-state index is 0.0872. The van der Waals surface area contributed by atoms with Gasteiger partial charge in [-0.05, 0) is 68.3 Å². The Balaban J connectivity index is 1.58. The smallest absolute Gasteiger partial charge is 0.426 e. The highest BCUT2D eigenvalue weighted by Crippen LogP contribution is 2.34. The molecule has 4 aromatic carbocycles. The van der Waals surface area contributed by atoms with E-state index >= 15 is 0 Å². The maximum atomic E-state index is 6.92. The summed E-state index contributed by atoms with van der Waals surface area (Å²) in [6.45, 7) is 13.2. The molecule has 3 nitrogen and oxygen atoms in total. The fraction of sp³-hybridized carbons (Fsp3) is 0.270. The van der Waals surface area contributed by atoms with Crippen LogP contribution in [0.5, 0.6) is 5.75 Å². The highest BCUT2D eigenvalue weighted by molar-refractivity contribution is 6.80. The molecular weight excluding hydrogens is 499 g/mol. The zero-order valence-corrected chi connectivity index (χ0v) is 25.7. The fourth-order valence-electron chi connectivity index (χ4n) is 5.20. The Kier molecular flexibility index (Phi) is 7.70. The van der Waals surface area contributed by atoms with Crippen molar-refractivity contribution in [3.63, 3.8) is 0 Å². The number of aromatic nitrogens is 1. The second kappa shape index (κ2) is 11.1. The van der Waals surface area contributed by atoms with Gasteiger partial charge in [0.25, 0.3) is 0 Å². The van der Waals surface area contributed by atoms with Crippen molar-refractivity contribution < 1.29 is 4.65 Å². The van der Waals surface area contributed by atoms with Crippen molar-refractivity contribution in [3.05, 3.63) is 114 Å². The molecule has 0 fully saturated rings. The number of nitrogens with zero attached hydrogens (tertiary/aromatic N) is 2. The van der Waals surface area contributed by atoms with Gasteiger partial charge in [-0.15, -0.1) is 0 Å². The molecule has 0 saturated carbocycles. The molecule has 5 rings (SSSR count). The van der Waals surface area contributed by atoms with Crippen LogP contribution < -0.4 is 20.5 Å². The third kappa shape index (κ3) is 6.17. The fourth-order valence-corrected chi connectivity index (χ4v) is 5.20. The maximum absolute atomic E-state index is 6.92. The van der Waals surface area contributed by atoms with Gasteiger partial charge in [-0.2, -0.15) is 0 Å². The molecule has 0 unspecified atom stereocenters. The van der Waals surface area contributed by atoms with E-state index in [1.54, 1.807) is 0 Å². The quantitative estimate of drug-likeness (QED) is 0.206. The average Bonchev–Trinajstić information content (AvgIpc) is 2.95. The van der Waals surface area contributed by atoms with E-state index in [0.29, 0.717) is 0 Å². The van der Waals surface area contributed by atoms with Gasteiger partial charge in [-0.25, -0.2) is 0 Å². The third-order valence-corrected chi connectivity index (χ3v) is 7.83. The lowest BCUT2D eigenvalue weighted by Crippen LogP contribution is -2.47. The number of fused-ring (bicyclic) bond motifs is 1. The van der Waals surface area contributed by atoms with Crippen LogP contribution in [0.25, 0.3) is 22.0 Å². The molecule has 0 aliphatic heterocycles. The molecule has 5 aromatic rings. The number of pyridine rings is 1. The van der Waals surface area contributed by atoms with E-state index in [2.05, 4.69) is 152 Å². The van der Waals surface area contributed by atoms with Crippen molar-refractivity contribution in [1.29, 1.82) is 0 Å². The van der Waals surface area contributed by atoms with Gasteiger partial charge in [0.2, 0.25) is 0 Å². The highest BCUT2D eigenvalue weighted by Gasteiger charge is 2.27. The number of anilines is 1. The second-order valence-electron chi connectivity index (χ2n) is 13.2. The number of hydrogen-bond acceptors (Lipinski definition) is 3. The molecule has 0 radical (unpaired) electrons. The minimum atomic E-state index is -0.270. The summed E-state index contributed by atoms with van der Waals surface area (Å²) in [6, 6.07) is 34.8. The summed E-state index contributed by atoms with van der Waals surface area (Å²) in [5.41, 5.74) is 9.37. The summed E-state index contributed by atoms with van der Waals surface area (Å²) in [4.78, 5) is 6.93. The molecule has 0 atom stereocenters. The lowest BCUT2D eigenvalue weighted by Gasteiger charge is -2.23. The largest absolute Gasteiger partial charge is 0.550 e. The molecule has 1 heterocycles. The Morgan fingerprint density at radius 2 is 1.17 bits per heavy atom. The minimum Gasteiger partial charge on any atom is -0.550 e. The molecule has 0 N–H and O–H groups in total. The molecule has 0 saturated heterocycles. The molecule has 0 aliphatic carbocycles. The van der Waals surface area contributed by atoms with E-state index in [1.807, 2.05) is 12.3 Å². The van der Waals surface area contributed by atoms with Gasteiger partial charge in [0.15, 0.2) is 0 Å². The summed E-state index contributed by atoms with van der Waals surface area (Å²) >= 11 is 0. The number of benzene rings is 4. The molecule has 4 heteroatoms. The van der Waals surface area contributed by atoms with Crippen molar-refractivity contribution in [2.24, 2.45) is 0 Å². The molecular formula is C37H41BN2O. The first-order valence-electron chi connectivity index (χ1n) is 14.4. The Hall–Kier alpha value is -4.05. The third-order valence-electron chi connectivity index (χ3n) is 7.83. The van der Waals surface area contributed by atoms with Gasteiger partial charge in [-0.3, -0.25) is 4.98 Å². The van der Waals surface area contributed by atoms with Crippen molar-refractivity contribution in [1.82, 2.24) is 4.98 Å². The normalized spacial score (nSPS) is 11.9. The summed E-state index contributed by atoms with van der Waals surface area (Å²) < 4.78 is 6.92. The Labute approximate surface area is 246 Å². The Morgan fingerprint density at radius 3 is 1.66 bits per heavy atom. The van der Waals surface area contributed by atoms with E-state index < -0.39 is 0 Å². The Morgan fingerprint density at radius 1 is 0.634 bits per heavy atom. The summed E-state index contributed by atoms with van der Waals surface area (Å²) in [6.07, 6.45) is 1.85. The predicted octanol–water partition coefficient (Wildman–Crippen LogP) is 7.75. The van der Waals surface area contributed by atoms with Crippen molar-refractivity contribution >= 4 is 34.4 Å². The zero-order valence-electron chi connectivity index (χ0n) is 25.7. The first-order chi connectivity index (χ1) is 19.4. The van der Waals surface area contributed by atoms with Crippen LogP contribution in [0.3, 0.4) is 0 Å². The summed E-state index contributed by atoms with van der Waals surface area (Å²) in [7, 11) is 4.12. The summed E-state index contributed by atoms with van der Waals surface area (Å²) in [5, 5.41) is 1.08. The van der Waals surface area contributed by atoms with E-state index in [1.165, 1.54) is 16.8 Å². The molecule has 0 spiro atoms. The monoisotopic (exact) mass is 540 g/mol. The van der Waals surface area contributed by atoms with Gasteiger partial charge in [0.05, 0.1) is 0 Å². The van der Waals surface area contributed by atoms with Crippen LogP contribution in [-0.2, 0) is 10.8 Å². The molecule has 41 heavy (non-hydrogen) atoms. The molecule has 0 amide bonds. The van der Waals surface area contributed by atoms with Crippen LogP contribution in [0.1, 0.15) is 52.7 Å². The van der Waals surface area contributed by atoms with Gasteiger partial charge in [0.1, 0.15) is 11.3 Å². The van der Waals surface area contributed by atoms with E-state index in [9.17, 15) is 0 Å². The first kappa shape index (κ1) is 28.5. The molecule has 0 aliphatic rings. The number of rotatable bonds is 6. The van der Waals surface area contributed by atoms with Gasteiger partial charge < -0.3 is 9.55 Å². The lowest BCUT2D eigenvalue weighted by atomic mass is 9.55. The van der Waals surface area contributed by atoms with Crippen LogP contribution in [0, 0.1) is 0 Å². The van der Waals surface area contributed by atoms with Crippen molar-refractivity contribution in [3.8, 4) is 16.9 Å². The van der Waals surface area contributed by atoms with Crippen LogP contribution in [0.4, 0.5) is 5.69 Å². The zero-order chi connectivity index (χ0) is 29.4. The van der Waals surface area contributed by atoms with Gasteiger partial charge in [0, 0.05) is 31.4 Å². The maximum Gasteiger partial charge on any atom is 0.426 e. The van der Waals surface area contributed by atoms with Gasteiger partial charge >= 0.3 is 6.92 Å². The van der Waals surface area contributed by atoms with E-state index in [4.69, 9.17) is 9.64 Å². The standard InChI is InChI=1S/C37H41BN2O/c1-36(2,3)27-13-17-29(18-14-27)38(30-19-15-28(16-20-30)37(4,5)6)41-34-24-23-32(33-10-9-25-39-35(33)34)26-11-21-31(22-12-26)40(7)8/h9-25H,1-8H3. The molecule has 0 bridgehead atoms. The van der Waals surface area contributed by atoms with Crippen LogP contribution in [0.2, 0.25) is 0 Å². The molecule has 1 aromatic heterocycles. The topological polar surface area (TPSA) is 25.4 Å². The lowest BCUT2D eigenvalue weighted by molar-refractivity contribution is 0.588. The van der Waals surface area contributed by atoms with Crippen molar-refractivity contribution in [2.45, 2.75) is 52.4 Å². The predicted molar refractivity (Wildman–Crippen MR) is 177 cm³/mol. The van der Waals surface area contributed by atoms with Crippen LogP contribution in [0.15, 0.2) is 103 Å². The van der Waals surface area contributed by atoms with Crippen LogP contribution >= 0.6 is 0 Å². The van der Waals surface area contributed by atoms with E-state index in [-0.39, 0.29) is 17.7 Å².